The molecule has 0 aliphatic carbocycles. The number of pyridine rings is 1. The van der Waals surface area contributed by atoms with Gasteiger partial charge in [0, 0.05) is 19.6 Å². The maximum absolute atomic E-state index is 4.52. The minimum Gasteiger partial charge on any atom is -0.373 e. The van der Waals surface area contributed by atoms with E-state index in [-0.39, 0.29) is 0 Å². The molecule has 3 nitrogen and oxygen atoms in total. The predicted octanol–water partition coefficient (Wildman–Crippen LogP) is 3.15. The Labute approximate surface area is 111 Å². The number of unbranched alkanes of at least 4 members (excludes halogenated alkanes) is 1. The van der Waals surface area contributed by atoms with Crippen molar-refractivity contribution in [2.75, 3.05) is 25.0 Å². The maximum atomic E-state index is 4.52. The van der Waals surface area contributed by atoms with Crippen molar-refractivity contribution in [3.05, 3.63) is 36.7 Å². The van der Waals surface area contributed by atoms with E-state index in [0.29, 0.717) is 6.04 Å². The highest BCUT2D eigenvalue weighted by atomic mass is 15.1. The Morgan fingerprint density at radius 1 is 1.50 bits per heavy atom. The number of allylic oxidation sites excluding steroid dienone is 1. The zero-order valence-electron chi connectivity index (χ0n) is 11.8. The van der Waals surface area contributed by atoms with Gasteiger partial charge in [-0.05, 0) is 38.4 Å². The molecule has 1 heterocycles. The van der Waals surface area contributed by atoms with Crippen LogP contribution in [0.4, 0.5) is 5.69 Å². The van der Waals surface area contributed by atoms with Gasteiger partial charge < -0.3 is 10.2 Å². The molecule has 0 aliphatic heterocycles. The van der Waals surface area contributed by atoms with Crippen molar-refractivity contribution in [1.82, 2.24) is 10.3 Å². The molecule has 0 saturated heterocycles. The lowest BCUT2D eigenvalue weighted by molar-refractivity contribution is 0.583. The normalized spacial score (nSPS) is 12.2. The Kier molecular flexibility index (Phi) is 6.44. The molecule has 3 heteroatoms. The molecule has 0 saturated carbocycles. The summed E-state index contributed by atoms with van der Waals surface area (Å²) < 4.78 is 0. The average molecular weight is 247 g/mol. The van der Waals surface area contributed by atoms with Gasteiger partial charge in [-0.15, -0.1) is 6.58 Å². The largest absolute Gasteiger partial charge is 0.373 e. The molecule has 0 aromatic carbocycles. The van der Waals surface area contributed by atoms with Crippen LogP contribution in [0.15, 0.2) is 31.0 Å². The fraction of sp³-hybridized carbons (Fsp3) is 0.533. The van der Waals surface area contributed by atoms with E-state index >= 15 is 0 Å². The Bertz CT molecular complexity index is 345. The van der Waals surface area contributed by atoms with Crippen molar-refractivity contribution in [1.29, 1.82) is 0 Å². The SMILES string of the molecule is C=CCCCN(C)c1ccc(C(C)NCC)nc1. The van der Waals surface area contributed by atoms with Crippen LogP contribution in [0.2, 0.25) is 0 Å². The summed E-state index contributed by atoms with van der Waals surface area (Å²) in [5, 5.41) is 3.37. The number of anilines is 1. The third-order valence-electron chi connectivity index (χ3n) is 3.07. The Balaban J connectivity index is 2.55. The Morgan fingerprint density at radius 3 is 2.83 bits per heavy atom. The molecule has 0 aliphatic rings. The molecule has 0 radical (unpaired) electrons. The summed E-state index contributed by atoms with van der Waals surface area (Å²) >= 11 is 0. The molecular weight excluding hydrogens is 222 g/mol. The molecule has 0 fully saturated rings. The van der Waals surface area contributed by atoms with Crippen LogP contribution in [0.3, 0.4) is 0 Å². The summed E-state index contributed by atoms with van der Waals surface area (Å²) in [7, 11) is 2.10. The van der Waals surface area contributed by atoms with Gasteiger partial charge in [-0.2, -0.15) is 0 Å². The summed E-state index contributed by atoms with van der Waals surface area (Å²) in [6.07, 6.45) is 6.12. The first-order valence-electron chi connectivity index (χ1n) is 6.70. The van der Waals surface area contributed by atoms with E-state index in [4.69, 9.17) is 0 Å². The van der Waals surface area contributed by atoms with Crippen LogP contribution in [0.5, 0.6) is 0 Å². The van der Waals surface area contributed by atoms with Gasteiger partial charge in [-0.25, -0.2) is 0 Å². The third-order valence-corrected chi connectivity index (χ3v) is 3.07. The fourth-order valence-electron chi connectivity index (χ4n) is 1.89. The molecule has 1 rings (SSSR count). The van der Waals surface area contributed by atoms with Gasteiger partial charge >= 0.3 is 0 Å². The van der Waals surface area contributed by atoms with E-state index in [1.54, 1.807) is 0 Å². The lowest BCUT2D eigenvalue weighted by Gasteiger charge is -2.19. The zero-order chi connectivity index (χ0) is 13.4. The molecule has 0 spiro atoms. The summed E-state index contributed by atoms with van der Waals surface area (Å²) in [4.78, 5) is 6.76. The van der Waals surface area contributed by atoms with E-state index in [9.17, 15) is 0 Å². The van der Waals surface area contributed by atoms with E-state index in [1.807, 2.05) is 12.3 Å². The van der Waals surface area contributed by atoms with Gasteiger partial charge in [-0.1, -0.05) is 13.0 Å². The van der Waals surface area contributed by atoms with Gasteiger partial charge in [0.25, 0.3) is 0 Å². The van der Waals surface area contributed by atoms with Crippen molar-refractivity contribution in [2.45, 2.75) is 32.7 Å². The van der Waals surface area contributed by atoms with Crippen molar-refractivity contribution < 1.29 is 0 Å². The molecule has 0 amide bonds. The molecule has 100 valence electrons. The summed E-state index contributed by atoms with van der Waals surface area (Å²) in [6.45, 7) is 9.99. The quantitative estimate of drug-likeness (QED) is 0.565. The molecule has 1 unspecified atom stereocenters. The monoisotopic (exact) mass is 247 g/mol. The highest BCUT2D eigenvalue weighted by Crippen LogP contribution is 2.15. The molecule has 1 aromatic rings. The second kappa shape index (κ2) is 7.88. The third kappa shape index (κ3) is 4.49. The van der Waals surface area contributed by atoms with Gasteiger partial charge in [0.1, 0.15) is 0 Å². The average Bonchev–Trinajstić information content (AvgIpc) is 2.39. The van der Waals surface area contributed by atoms with Gasteiger partial charge in [0.15, 0.2) is 0 Å². The lowest BCUT2D eigenvalue weighted by atomic mass is 10.2. The van der Waals surface area contributed by atoms with Crippen LogP contribution >= 0.6 is 0 Å². The van der Waals surface area contributed by atoms with Crippen molar-refractivity contribution in [2.24, 2.45) is 0 Å². The summed E-state index contributed by atoms with van der Waals surface area (Å²) in [6, 6.07) is 4.56. The molecule has 1 N–H and O–H groups in total. The zero-order valence-corrected chi connectivity index (χ0v) is 11.8. The number of rotatable bonds is 8. The number of hydrogen-bond donors (Lipinski definition) is 1. The number of aromatic nitrogens is 1. The lowest BCUT2D eigenvalue weighted by Crippen LogP contribution is -2.20. The van der Waals surface area contributed by atoms with Crippen LogP contribution in [-0.4, -0.2) is 25.1 Å². The number of nitrogens with zero attached hydrogens (tertiary/aromatic N) is 2. The van der Waals surface area contributed by atoms with Crippen molar-refractivity contribution in [3.63, 3.8) is 0 Å². The first-order valence-corrected chi connectivity index (χ1v) is 6.70. The van der Waals surface area contributed by atoms with E-state index in [1.165, 1.54) is 5.69 Å². The predicted molar refractivity (Wildman–Crippen MR) is 79.0 cm³/mol. The molecule has 0 bridgehead atoms. The van der Waals surface area contributed by atoms with Crippen LogP contribution in [0.1, 0.15) is 38.4 Å². The molecule has 18 heavy (non-hydrogen) atoms. The summed E-state index contributed by atoms with van der Waals surface area (Å²) in [5.41, 5.74) is 2.27. The van der Waals surface area contributed by atoms with Crippen LogP contribution in [0, 0.1) is 0 Å². The maximum Gasteiger partial charge on any atom is 0.0572 e. The number of hydrogen-bond acceptors (Lipinski definition) is 3. The first-order chi connectivity index (χ1) is 8.69. The van der Waals surface area contributed by atoms with Crippen LogP contribution < -0.4 is 10.2 Å². The van der Waals surface area contributed by atoms with E-state index < -0.39 is 0 Å². The van der Waals surface area contributed by atoms with Gasteiger partial charge in [0.05, 0.1) is 17.6 Å². The molecular formula is C15H25N3. The Hall–Kier alpha value is -1.35. The standard InChI is InChI=1S/C15H25N3/c1-5-7-8-11-18(4)14-9-10-15(17-12-14)13(3)16-6-2/h5,9-10,12-13,16H,1,6-8,11H2,2-4H3. The second-order valence-corrected chi connectivity index (χ2v) is 4.57. The smallest absolute Gasteiger partial charge is 0.0572 e. The van der Waals surface area contributed by atoms with Gasteiger partial charge in [-0.3, -0.25) is 4.98 Å². The van der Waals surface area contributed by atoms with Gasteiger partial charge in [0.2, 0.25) is 0 Å². The topological polar surface area (TPSA) is 28.2 Å². The second-order valence-electron chi connectivity index (χ2n) is 4.57. The van der Waals surface area contributed by atoms with Crippen LogP contribution in [-0.2, 0) is 0 Å². The van der Waals surface area contributed by atoms with E-state index in [2.05, 4.69) is 54.8 Å². The molecule has 1 aromatic heterocycles. The first kappa shape index (κ1) is 14.7. The van der Waals surface area contributed by atoms with Crippen molar-refractivity contribution >= 4 is 5.69 Å². The van der Waals surface area contributed by atoms with Crippen molar-refractivity contribution in [3.8, 4) is 0 Å². The number of nitrogens with one attached hydrogen (secondary N) is 1. The van der Waals surface area contributed by atoms with Crippen LogP contribution in [0.25, 0.3) is 0 Å². The Morgan fingerprint density at radius 2 is 2.28 bits per heavy atom. The highest BCUT2D eigenvalue weighted by molar-refractivity contribution is 5.43. The highest BCUT2D eigenvalue weighted by Gasteiger charge is 2.06. The minimum absolute atomic E-state index is 0.315. The van der Waals surface area contributed by atoms with E-state index in [0.717, 1.165) is 31.6 Å². The molecule has 1 atom stereocenters. The summed E-state index contributed by atoms with van der Waals surface area (Å²) in [5.74, 6) is 0. The minimum atomic E-state index is 0.315. The fourth-order valence-corrected chi connectivity index (χ4v) is 1.89.